The first-order valence-corrected chi connectivity index (χ1v) is 6.66. The second-order valence-electron chi connectivity index (χ2n) is 4.15. The van der Waals surface area contributed by atoms with Crippen LogP contribution < -0.4 is 5.69 Å². The lowest BCUT2D eigenvalue weighted by molar-refractivity contribution is 0.457. The average molecular weight is 283 g/mol. The highest BCUT2D eigenvalue weighted by Crippen LogP contribution is 2.36. The molecule has 0 unspecified atom stereocenters. The van der Waals surface area contributed by atoms with Gasteiger partial charge in [-0.2, -0.15) is 5.26 Å². The minimum atomic E-state index is -0.473. The molecule has 0 aliphatic rings. The number of nitrogens with one attached hydrogen (secondary N) is 2. The molecule has 1 aromatic carbocycles. The van der Waals surface area contributed by atoms with Crippen molar-refractivity contribution in [3.05, 3.63) is 51.8 Å². The highest BCUT2D eigenvalue weighted by Gasteiger charge is 2.15. The van der Waals surface area contributed by atoms with Crippen molar-refractivity contribution in [2.75, 3.05) is 0 Å². The van der Waals surface area contributed by atoms with Gasteiger partial charge in [0.15, 0.2) is 0 Å². The molecule has 0 saturated carbocycles. The van der Waals surface area contributed by atoms with Crippen molar-refractivity contribution in [2.24, 2.45) is 0 Å². The molecular formula is C14H9N3O2S. The van der Waals surface area contributed by atoms with Crippen LogP contribution in [0.4, 0.5) is 0 Å². The average Bonchev–Trinajstić information content (AvgIpc) is 3.08. The topological polar surface area (TPSA) is 92.7 Å². The Morgan fingerprint density at radius 2 is 2.05 bits per heavy atom. The molecule has 0 saturated heterocycles. The SMILES string of the molecule is N#Cc1ccc(-c2[nH]c(=O)[nH]c2O)c(-c2cccs2)c1. The number of thiophene rings is 1. The summed E-state index contributed by atoms with van der Waals surface area (Å²) in [5, 5.41) is 20.7. The summed E-state index contributed by atoms with van der Waals surface area (Å²) in [4.78, 5) is 17.1. The molecule has 6 heteroatoms. The highest BCUT2D eigenvalue weighted by atomic mass is 32.1. The molecule has 5 nitrogen and oxygen atoms in total. The normalized spacial score (nSPS) is 10.3. The Balaban J connectivity index is 2.29. The molecule has 2 aromatic heterocycles. The van der Waals surface area contributed by atoms with Crippen LogP contribution in [0.2, 0.25) is 0 Å². The largest absolute Gasteiger partial charge is 0.493 e. The maximum absolute atomic E-state index is 11.3. The zero-order chi connectivity index (χ0) is 14.1. The summed E-state index contributed by atoms with van der Waals surface area (Å²) in [6, 6.07) is 11.0. The van der Waals surface area contributed by atoms with Gasteiger partial charge in [-0.3, -0.25) is 4.98 Å². The van der Waals surface area contributed by atoms with E-state index in [9.17, 15) is 9.90 Å². The van der Waals surface area contributed by atoms with Gasteiger partial charge in [0.05, 0.1) is 11.6 Å². The summed E-state index contributed by atoms with van der Waals surface area (Å²) in [5.41, 5.74) is 1.84. The molecule has 0 radical (unpaired) electrons. The molecule has 0 aliphatic carbocycles. The number of hydrogen-bond donors (Lipinski definition) is 3. The fraction of sp³-hybridized carbons (Fsp3) is 0. The van der Waals surface area contributed by atoms with Crippen LogP contribution in [0.25, 0.3) is 21.7 Å². The molecule has 0 aliphatic heterocycles. The Morgan fingerprint density at radius 3 is 2.65 bits per heavy atom. The quantitative estimate of drug-likeness (QED) is 0.675. The molecule has 3 aromatic rings. The van der Waals surface area contributed by atoms with Crippen LogP contribution in [0.5, 0.6) is 5.88 Å². The van der Waals surface area contributed by atoms with Crippen LogP contribution in [-0.2, 0) is 0 Å². The fourth-order valence-electron chi connectivity index (χ4n) is 2.04. The standard InChI is InChI=1S/C14H9N3O2S/c15-7-8-3-4-9(12-13(18)17-14(19)16-12)10(6-8)11-2-1-5-20-11/h1-6,18H,(H2,16,17,19). The van der Waals surface area contributed by atoms with Gasteiger partial charge < -0.3 is 10.1 Å². The van der Waals surface area contributed by atoms with E-state index in [4.69, 9.17) is 5.26 Å². The van der Waals surface area contributed by atoms with Gasteiger partial charge in [0.25, 0.3) is 0 Å². The van der Waals surface area contributed by atoms with Crippen LogP contribution in [0.15, 0.2) is 40.5 Å². The summed E-state index contributed by atoms with van der Waals surface area (Å²) in [6.45, 7) is 0. The molecule has 3 rings (SSSR count). The van der Waals surface area contributed by atoms with Crippen molar-refractivity contribution >= 4 is 11.3 Å². The van der Waals surface area contributed by atoms with E-state index in [-0.39, 0.29) is 5.88 Å². The first-order chi connectivity index (χ1) is 9.69. The zero-order valence-corrected chi connectivity index (χ0v) is 11.0. The van der Waals surface area contributed by atoms with Crippen LogP contribution in [-0.4, -0.2) is 15.1 Å². The Morgan fingerprint density at radius 1 is 1.20 bits per heavy atom. The van der Waals surface area contributed by atoms with E-state index in [0.717, 1.165) is 10.4 Å². The van der Waals surface area contributed by atoms with Crippen LogP contribution in [0.3, 0.4) is 0 Å². The third-order valence-electron chi connectivity index (χ3n) is 2.91. The van der Waals surface area contributed by atoms with Crippen LogP contribution in [0.1, 0.15) is 5.56 Å². The molecule has 0 atom stereocenters. The Labute approximate surface area is 117 Å². The molecule has 2 heterocycles. The summed E-state index contributed by atoms with van der Waals surface area (Å²) in [7, 11) is 0. The van der Waals surface area contributed by atoms with Gasteiger partial charge in [-0.25, -0.2) is 4.79 Å². The van der Waals surface area contributed by atoms with Crippen molar-refractivity contribution in [1.29, 1.82) is 5.26 Å². The molecule has 0 spiro atoms. The zero-order valence-electron chi connectivity index (χ0n) is 10.2. The van der Waals surface area contributed by atoms with Gasteiger partial charge in [-0.05, 0) is 23.6 Å². The Hall–Kier alpha value is -2.78. The third-order valence-corrected chi connectivity index (χ3v) is 3.82. The Bertz CT molecular complexity index is 853. The number of H-pyrrole nitrogens is 2. The van der Waals surface area contributed by atoms with Crippen LogP contribution in [0, 0.1) is 11.3 Å². The number of aromatic hydroxyl groups is 1. The number of nitrogens with zero attached hydrogens (tertiary/aromatic N) is 1. The number of nitriles is 1. The van der Waals surface area contributed by atoms with E-state index >= 15 is 0 Å². The van der Waals surface area contributed by atoms with Crippen molar-refractivity contribution in [3.8, 4) is 33.6 Å². The lowest BCUT2D eigenvalue weighted by Gasteiger charge is -2.07. The maximum Gasteiger partial charge on any atom is 0.326 e. The van der Waals surface area contributed by atoms with Gasteiger partial charge in [-0.1, -0.05) is 12.1 Å². The van der Waals surface area contributed by atoms with Gasteiger partial charge in [0, 0.05) is 16.0 Å². The summed E-state index contributed by atoms with van der Waals surface area (Å²) >= 11 is 1.52. The molecule has 3 N–H and O–H groups in total. The minimum Gasteiger partial charge on any atom is -0.493 e. The lowest BCUT2D eigenvalue weighted by Crippen LogP contribution is -2.00. The van der Waals surface area contributed by atoms with Crippen LogP contribution >= 0.6 is 11.3 Å². The number of rotatable bonds is 2. The molecule has 98 valence electrons. The molecule has 0 amide bonds. The first kappa shape index (κ1) is 12.3. The van der Waals surface area contributed by atoms with Crippen molar-refractivity contribution in [3.63, 3.8) is 0 Å². The number of hydrogen-bond acceptors (Lipinski definition) is 4. The predicted octanol–water partition coefficient (Wildman–Crippen LogP) is 2.68. The highest BCUT2D eigenvalue weighted by molar-refractivity contribution is 7.13. The second-order valence-corrected chi connectivity index (χ2v) is 5.10. The maximum atomic E-state index is 11.3. The van der Waals surface area contributed by atoms with Gasteiger partial charge in [-0.15, -0.1) is 11.3 Å². The summed E-state index contributed by atoms with van der Waals surface area (Å²) in [5.74, 6) is -0.211. The van der Waals surface area contributed by atoms with Gasteiger partial charge >= 0.3 is 5.69 Å². The lowest BCUT2D eigenvalue weighted by atomic mass is 10.0. The molecule has 0 fully saturated rings. The minimum absolute atomic E-state index is 0.211. The summed E-state index contributed by atoms with van der Waals surface area (Å²) < 4.78 is 0. The first-order valence-electron chi connectivity index (χ1n) is 5.78. The predicted molar refractivity (Wildman–Crippen MR) is 76.5 cm³/mol. The van der Waals surface area contributed by atoms with E-state index in [1.165, 1.54) is 11.3 Å². The molecule has 0 bridgehead atoms. The number of aromatic amines is 2. The van der Waals surface area contributed by atoms with Gasteiger partial charge in [0.2, 0.25) is 5.88 Å². The fourth-order valence-corrected chi connectivity index (χ4v) is 2.79. The van der Waals surface area contributed by atoms with Crippen molar-refractivity contribution in [1.82, 2.24) is 9.97 Å². The van der Waals surface area contributed by atoms with E-state index in [0.29, 0.717) is 16.8 Å². The van der Waals surface area contributed by atoms with E-state index in [1.54, 1.807) is 18.2 Å². The number of aromatic nitrogens is 2. The number of imidazole rings is 1. The van der Waals surface area contributed by atoms with Gasteiger partial charge in [0.1, 0.15) is 5.69 Å². The van der Waals surface area contributed by atoms with E-state index in [2.05, 4.69) is 16.0 Å². The van der Waals surface area contributed by atoms with Crippen molar-refractivity contribution in [2.45, 2.75) is 0 Å². The molecular weight excluding hydrogens is 274 g/mol. The van der Waals surface area contributed by atoms with Crippen molar-refractivity contribution < 1.29 is 5.11 Å². The number of benzene rings is 1. The monoisotopic (exact) mass is 283 g/mol. The second kappa shape index (κ2) is 4.72. The van der Waals surface area contributed by atoms with E-state index < -0.39 is 5.69 Å². The molecule has 20 heavy (non-hydrogen) atoms. The third kappa shape index (κ3) is 2.00. The Kier molecular flexibility index (Phi) is 2.89. The smallest absolute Gasteiger partial charge is 0.326 e. The van der Waals surface area contributed by atoms with E-state index in [1.807, 2.05) is 17.5 Å². The summed E-state index contributed by atoms with van der Waals surface area (Å²) in [6.07, 6.45) is 0.